The molecule has 2 N–H and O–H groups in total. The van der Waals surface area contributed by atoms with Gasteiger partial charge < -0.3 is 15.2 Å². The number of benzene rings is 1. The van der Waals surface area contributed by atoms with Gasteiger partial charge >= 0.3 is 6.36 Å². The summed E-state index contributed by atoms with van der Waals surface area (Å²) in [5.74, 6) is 0.0550. The summed E-state index contributed by atoms with van der Waals surface area (Å²) in [5.41, 5.74) is 0.488. The van der Waals surface area contributed by atoms with Gasteiger partial charge in [0, 0.05) is 37.8 Å². The van der Waals surface area contributed by atoms with Crippen LogP contribution in [0.3, 0.4) is 0 Å². The summed E-state index contributed by atoms with van der Waals surface area (Å²) in [5, 5.41) is 13.4. The van der Waals surface area contributed by atoms with Crippen molar-refractivity contribution >= 4 is 12.4 Å². The number of hydrogen-bond acceptors (Lipinski definition) is 4. The Bertz CT molecular complexity index is 521. The Morgan fingerprint density at radius 2 is 1.88 bits per heavy atom. The van der Waals surface area contributed by atoms with Crippen LogP contribution >= 0.6 is 12.4 Å². The second-order valence-electron chi connectivity index (χ2n) is 6.20. The van der Waals surface area contributed by atoms with Gasteiger partial charge in [0.1, 0.15) is 11.5 Å². The number of piperazine rings is 1. The Morgan fingerprint density at radius 1 is 1.25 bits per heavy atom. The Morgan fingerprint density at radius 3 is 2.42 bits per heavy atom. The highest BCUT2D eigenvalue weighted by atomic mass is 35.5. The van der Waals surface area contributed by atoms with Crippen molar-refractivity contribution in [1.82, 2.24) is 10.2 Å². The first kappa shape index (κ1) is 20.9. The van der Waals surface area contributed by atoms with Gasteiger partial charge in [0.25, 0.3) is 0 Å². The molecule has 1 heterocycles. The maximum atomic E-state index is 12.4. The molecular weight excluding hydrogens is 345 g/mol. The van der Waals surface area contributed by atoms with E-state index in [9.17, 15) is 18.3 Å². The number of ether oxygens (including phenoxy) is 1. The van der Waals surface area contributed by atoms with Crippen LogP contribution in [0.4, 0.5) is 13.2 Å². The fourth-order valence-corrected chi connectivity index (χ4v) is 2.91. The van der Waals surface area contributed by atoms with Gasteiger partial charge in [0.15, 0.2) is 0 Å². The van der Waals surface area contributed by atoms with E-state index < -0.39 is 6.36 Å². The van der Waals surface area contributed by atoms with Crippen molar-refractivity contribution in [2.45, 2.75) is 32.7 Å². The molecule has 24 heavy (non-hydrogen) atoms. The zero-order chi connectivity index (χ0) is 17.0. The van der Waals surface area contributed by atoms with E-state index in [1.165, 1.54) is 12.1 Å². The molecule has 1 aliphatic heterocycles. The van der Waals surface area contributed by atoms with E-state index in [2.05, 4.69) is 28.8 Å². The third kappa shape index (κ3) is 6.03. The maximum Gasteiger partial charge on any atom is 0.573 e. The zero-order valence-electron chi connectivity index (χ0n) is 13.8. The molecule has 1 aromatic carbocycles. The number of rotatable bonds is 5. The summed E-state index contributed by atoms with van der Waals surface area (Å²) >= 11 is 0. The summed E-state index contributed by atoms with van der Waals surface area (Å²) in [7, 11) is 0. The summed E-state index contributed by atoms with van der Waals surface area (Å²) in [4.78, 5) is 2.20. The molecule has 0 spiro atoms. The lowest BCUT2D eigenvalue weighted by molar-refractivity contribution is -0.274. The highest BCUT2D eigenvalue weighted by Crippen LogP contribution is 2.37. The van der Waals surface area contributed by atoms with Gasteiger partial charge in [-0.15, -0.1) is 25.6 Å². The van der Waals surface area contributed by atoms with E-state index in [-0.39, 0.29) is 29.9 Å². The maximum absolute atomic E-state index is 12.4. The lowest BCUT2D eigenvalue weighted by atomic mass is 9.94. The summed E-state index contributed by atoms with van der Waals surface area (Å²) in [6.45, 7) is 7.36. The molecule has 0 saturated carbocycles. The number of aromatic hydroxyl groups is 1. The molecular formula is C16H24ClF3N2O2. The highest BCUT2D eigenvalue weighted by molar-refractivity contribution is 5.85. The molecule has 1 aromatic rings. The molecule has 8 heteroatoms. The van der Waals surface area contributed by atoms with Gasteiger partial charge in [-0.25, -0.2) is 0 Å². The van der Waals surface area contributed by atoms with Crippen LogP contribution in [0.1, 0.15) is 31.9 Å². The zero-order valence-corrected chi connectivity index (χ0v) is 14.6. The molecule has 1 aliphatic rings. The van der Waals surface area contributed by atoms with Crippen LogP contribution in [0.25, 0.3) is 0 Å². The first-order chi connectivity index (χ1) is 10.8. The number of hydrogen-bond donors (Lipinski definition) is 2. The quantitative estimate of drug-likeness (QED) is 0.831. The van der Waals surface area contributed by atoms with Crippen molar-refractivity contribution in [2.75, 3.05) is 26.2 Å². The number of nitrogens with one attached hydrogen (secondary N) is 1. The van der Waals surface area contributed by atoms with E-state index in [1.807, 2.05) is 0 Å². The largest absolute Gasteiger partial charge is 0.573 e. The molecule has 0 radical (unpaired) electrons. The van der Waals surface area contributed by atoms with E-state index in [1.54, 1.807) is 0 Å². The minimum absolute atomic E-state index is 0. The van der Waals surface area contributed by atoms with Crippen molar-refractivity contribution in [3.63, 3.8) is 0 Å². The molecule has 138 valence electrons. The standard InChI is InChI=1S/C16H23F3N2O2.ClH/c1-11(2)9-14(21-7-5-20-6-8-21)13-10-12(3-4-15(13)22)23-16(17,18)19;/h3-4,10-11,14,20,22H,5-9H2,1-2H3;1H/t14-;/m1./s1. The average Bonchev–Trinajstić information content (AvgIpc) is 2.46. The van der Waals surface area contributed by atoms with Gasteiger partial charge in [-0.1, -0.05) is 13.8 Å². The topological polar surface area (TPSA) is 44.7 Å². The predicted octanol–water partition coefficient (Wildman–Crippen LogP) is 3.71. The van der Waals surface area contributed by atoms with Crippen LogP contribution in [0.2, 0.25) is 0 Å². The fraction of sp³-hybridized carbons (Fsp3) is 0.625. The first-order valence-corrected chi connectivity index (χ1v) is 7.79. The second-order valence-corrected chi connectivity index (χ2v) is 6.20. The Hall–Kier alpha value is -1.18. The lowest BCUT2D eigenvalue weighted by Crippen LogP contribution is -2.45. The van der Waals surface area contributed by atoms with Crippen LogP contribution < -0.4 is 10.1 Å². The van der Waals surface area contributed by atoms with E-state index in [0.717, 1.165) is 38.7 Å². The summed E-state index contributed by atoms with van der Waals surface area (Å²) in [6.07, 6.45) is -3.99. The van der Waals surface area contributed by atoms with E-state index in [4.69, 9.17) is 0 Å². The van der Waals surface area contributed by atoms with Crippen LogP contribution in [0, 0.1) is 5.92 Å². The Kier molecular flexibility index (Phi) is 7.63. The molecule has 1 atom stereocenters. The van der Waals surface area contributed by atoms with Crippen molar-refractivity contribution in [3.05, 3.63) is 23.8 Å². The molecule has 1 fully saturated rings. The van der Waals surface area contributed by atoms with Crippen LogP contribution in [0.15, 0.2) is 18.2 Å². The summed E-state index contributed by atoms with van der Waals surface area (Å²) < 4.78 is 41.3. The number of halogens is 4. The summed E-state index contributed by atoms with van der Waals surface area (Å²) in [6, 6.07) is 3.58. The molecule has 4 nitrogen and oxygen atoms in total. The van der Waals surface area contributed by atoms with Crippen LogP contribution in [-0.2, 0) is 0 Å². The third-order valence-corrected chi connectivity index (χ3v) is 3.88. The molecule has 2 rings (SSSR count). The minimum atomic E-state index is -4.74. The van der Waals surface area contributed by atoms with Crippen LogP contribution in [-0.4, -0.2) is 42.5 Å². The van der Waals surface area contributed by atoms with Gasteiger partial charge in [0.05, 0.1) is 0 Å². The van der Waals surface area contributed by atoms with Crippen molar-refractivity contribution < 1.29 is 23.0 Å². The van der Waals surface area contributed by atoms with Gasteiger partial charge in [0.2, 0.25) is 0 Å². The number of nitrogens with zero attached hydrogens (tertiary/aromatic N) is 1. The number of phenols is 1. The number of alkyl halides is 3. The molecule has 0 unspecified atom stereocenters. The normalized spacial score (nSPS) is 17.4. The Balaban J connectivity index is 0.00000288. The van der Waals surface area contributed by atoms with Gasteiger partial charge in [-0.3, -0.25) is 4.90 Å². The minimum Gasteiger partial charge on any atom is -0.508 e. The first-order valence-electron chi connectivity index (χ1n) is 7.79. The smallest absolute Gasteiger partial charge is 0.508 e. The Labute approximate surface area is 146 Å². The molecule has 0 aromatic heterocycles. The molecule has 1 saturated heterocycles. The highest BCUT2D eigenvalue weighted by Gasteiger charge is 2.32. The monoisotopic (exact) mass is 368 g/mol. The molecule has 0 amide bonds. The molecule has 0 aliphatic carbocycles. The van der Waals surface area contributed by atoms with Gasteiger partial charge in [-0.2, -0.15) is 0 Å². The fourth-order valence-electron chi connectivity index (χ4n) is 2.91. The van der Waals surface area contributed by atoms with Crippen molar-refractivity contribution in [1.29, 1.82) is 0 Å². The SMILES string of the molecule is CC(C)C[C@H](c1cc(OC(F)(F)F)ccc1O)N1CCNCC1.Cl. The van der Waals surface area contributed by atoms with Crippen molar-refractivity contribution in [3.8, 4) is 11.5 Å². The average molecular weight is 369 g/mol. The third-order valence-electron chi connectivity index (χ3n) is 3.88. The van der Waals surface area contributed by atoms with Gasteiger partial charge in [-0.05, 0) is 30.5 Å². The van der Waals surface area contributed by atoms with E-state index in [0.29, 0.717) is 11.5 Å². The number of phenolic OH excluding ortho intramolecular Hbond substituents is 1. The van der Waals surface area contributed by atoms with Crippen molar-refractivity contribution in [2.24, 2.45) is 5.92 Å². The van der Waals surface area contributed by atoms with Crippen LogP contribution in [0.5, 0.6) is 11.5 Å². The molecule has 0 bridgehead atoms. The lowest BCUT2D eigenvalue weighted by Gasteiger charge is -2.36. The van der Waals surface area contributed by atoms with E-state index >= 15 is 0 Å². The second kappa shape index (κ2) is 8.78. The predicted molar refractivity (Wildman–Crippen MR) is 88.7 cm³/mol.